The van der Waals surface area contributed by atoms with Crippen molar-refractivity contribution in [2.75, 3.05) is 5.88 Å². The van der Waals surface area contributed by atoms with Crippen LogP contribution in [0.4, 0.5) is 5.69 Å². The topological polar surface area (TPSA) is 73.3 Å². The Bertz CT molecular complexity index is 596. The van der Waals surface area contributed by atoms with Gasteiger partial charge in [0.1, 0.15) is 11.3 Å². The fraction of sp³-hybridized carbons (Fsp3) is 0.333. The molecule has 0 aliphatic rings. The van der Waals surface area contributed by atoms with Gasteiger partial charge in [0.25, 0.3) is 0 Å². The summed E-state index contributed by atoms with van der Waals surface area (Å²) in [6.45, 7) is 1.74. The minimum absolute atomic E-state index is 0.149. The highest BCUT2D eigenvalue weighted by Crippen LogP contribution is 2.25. The average molecular weight is 275 g/mol. The Morgan fingerprint density at radius 1 is 1.59 bits per heavy atom. The normalized spacial score (nSPS) is 11.0. The van der Waals surface area contributed by atoms with Gasteiger partial charge in [0.15, 0.2) is 0 Å². The van der Waals surface area contributed by atoms with Gasteiger partial charge in [-0.25, -0.2) is 4.98 Å². The van der Waals surface area contributed by atoms with Crippen molar-refractivity contribution < 1.29 is 4.92 Å². The Morgan fingerprint density at radius 2 is 2.29 bits per heavy atom. The molecule has 0 N–H and O–H groups in total. The molecule has 0 spiro atoms. The van der Waals surface area contributed by atoms with Gasteiger partial charge in [-0.05, 0) is 13.3 Å². The second-order valence-corrected chi connectivity index (χ2v) is 4.16. The number of hydrogen-bond donors (Lipinski definition) is 0. The number of nitrogens with zero attached hydrogens (tertiary/aromatic N) is 4. The lowest BCUT2D eigenvalue weighted by molar-refractivity contribution is -0.383. The first kappa shape index (κ1) is 12.1. The van der Waals surface area contributed by atoms with E-state index in [1.165, 1.54) is 4.52 Å². The second-order valence-electron chi connectivity index (χ2n) is 3.43. The van der Waals surface area contributed by atoms with Gasteiger partial charge in [-0.2, -0.15) is 9.61 Å². The Hall–Kier alpha value is -1.40. The molecular formula is C9H8Cl2N4O2. The van der Waals surface area contributed by atoms with Gasteiger partial charge in [-0.3, -0.25) is 10.1 Å². The third kappa shape index (κ3) is 1.94. The van der Waals surface area contributed by atoms with Crippen molar-refractivity contribution in [2.45, 2.75) is 13.3 Å². The largest absolute Gasteiger partial charge is 0.333 e. The molecule has 6 nitrogen and oxygen atoms in total. The summed E-state index contributed by atoms with van der Waals surface area (Å²) in [5, 5.41) is 14.9. The molecule has 0 atom stereocenters. The molecule has 17 heavy (non-hydrogen) atoms. The van der Waals surface area contributed by atoms with Crippen LogP contribution in [0, 0.1) is 17.0 Å². The molecule has 2 heterocycles. The minimum atomic E-state index is -0.535. The van der Waals surface area contributed by atoms with Crippen LogP contribution >= 0.6 is 23.2 Å². The highest BCUT2D eigenvalue weighted by atomic mass is 35.5. The molecule has 90 valence electrons. The van der Waals surface area contributed by atoms with Crippen LogP contribution in [0.25, 0.3) is 5.65 Å². The predicted octanol–water partition coefficient (Wildman–Crippen LogP) is 2.38. The van der Waals surface area contributed by atoms with E-state index in [0.717, 1.165) is 11.8 Å². The van der Waals surface area contributed by atoms with Crippen LogP contribution in [0.1, 0.15) is 11.3 Å². The molecule has 0 aliphatic heterocycles. The first-order valence-corrected chi connectivity index (χ1v) is 5.70. The molecule has 0 amide bonds. The highest BCUT2D eigenvalue weighted by molar-refractivity contribution is 6.30. The zero-order chi connectivity index (χ0) is 12.6. The summed E-state index contributed by atoms with van der Waals surface area (Å²) in [4.78, 5) is 14.4. The summed E-state index contributed by atoms with van der Waals surface area (Å²) >= 11 is 11.8. The molecule has 2 rings (SSSR count). The molecule has 0 aromatic carbocycles. The van der Waals surface area contributed by atoms with E-state index >= 15 is 0 Å². The summed E-state index contributed by atoms with van der Waals surface area (Å²) in [5.74, 6) is 0.400. The van der Waals surface area contributed by atoms with Crippen molar-refractivity contribution in [3.63, 3.8) is 0 Å². The summed E-state index contributed by atoms with van der Waals surface area (Å²) in [7, 11) is 0. The maximum atomic E-state index is 10.8. The van der Waals surface area contributed by atoms with Crippen molar-refractivity contribution >= 4 is 34.5 Å². The molecular weight excluding hydrogens is 267 g/mol. The predicted molar refractivity (Wildman–Crippen MR) is 63.8 cm³/mol. The zero-order valence-electron chi connectivity index (χ0n) is 8.85. The average Bonchev–Trinajstić information content (AvgIpc) is 2.68. The van der Waals surface area contributed by atoms with Gasteiger partial charge < -0.3 is 0 Å². The molecule has 0 unspecified atom stereocenters. The van der Waals surface area contributed by atoms with E-state index < -0.39 is 4.92 Å². The van der Waals surface area contributed by atoms with Crippen LogP contribution in [-0.2, 0) is 6.42 Å². The van der Waals surface area contributed by atoms with E-state index in [-0.39, 0.29) is 11.3 Å². The van der Waals surface area contributed by atoms with Crippen LogP contribution in [0.2, 0.25) is 5.15 Å². The van der Waals surface area contributed by atoms with Crippen molar-refractivity contribution in [3.05, 3.63) is 32.7 Å². The lowest BCUT2D eigenvalue weighted by Gasteiger charge is -2.07. The summed E-state index contributed by atoms with van der Waals surface area (Å²) in [6.07, 6.45) is 1.68. The van der Waals surface area contributed by atoms with Gasteiger partial charge in [-0.1, -0.05) is 11.6 Å². The standard InChI is InChI=1S/C9H8Cl2N4O2/c1-5-6(2-3-10)8(11)14-9(13-5)7(4-12-14)15(16)17/h4H,2-3H2,1H3. The molecule has 0 saturated heterocycles. The fourth-order valence-electron chi connectivity index (χ4n) is 1.59. The van der Waals surface area contributed by atoms with E-state index in [4.69, 9.17) is 23.2 Å². The van der Waals surface area contributed by atoms with E-state index in [0.29, 0.717) is 23.1 Å². The molecule has 8 heteroatoms. The number of halogens is 2. The number of rotatable bonds is 3. The maximum Gasteiger partial charge on any atom is 0.333 e. The van der Waals surface area contributed by atoms with Crippen LogP contribution in [0.3, 0.4) is 0 Å². The smallest absolute Gasteiger partial charge is 0.258 e. The first-order chi connectivity index (χ1) is 8.06. The molecule has 2 aromatic rings. The van der Waals surface area contributed by atoms with E-state index in [2.05, 4.69) is 10.1 Å². The Labute approximate surface area is 106 Å². The third-order valence-corrected chi connectivity index (χ3v) is 2.99. The zero-order valence-corrected chi connectivity index (χ0v) is 10.4. The molecule has 2 aromatic heterocycles. The molecule has 0 fully saturated rings. The number of fused-ring (bicyclic) bond motifs is 1. The van der Waals surface area contributed by atoms with Gasteiger partial charge >= 0.3 is 5.69 Å². The Kier molecular flexibility index (Phi) is 3.17. The maximum absolute atomic E-state index is 10.8. The van der Waals surface area contributed by atoms with Crippen LogP contribution in [-0.4, -0.2) is 25.4 Å². The van der Waals surface area contributed by atoms with Gasteiger partial charge in [-0.15, -0.1) is 11.6 Å². The molecule has 0 aliphatic carbocycles. The van der Waals surface area contributed by atoms with Crippen molar-refractivity contribution in [2.24, 2.45) is 0 Å². The summed E-state index contributed by atoms with van der Waals surface area (Å²) in [6, 6.07) is 0. The quantitative estimate of drug-likeness (QED) is 0.373. The van der Waals surface area contributed by atoms with Gasteiger partial charge in [0.2, 0.25) is 5.65 Å². The Morgan fingerprint density at radius 3 is 2.88 bits per heavy atom. The van der Waals surface area contributed by atoms with Crippen LogP contribution < -0.4 is 0 Å². The van der Waals surface area contributed by atoms with E-state index in [9.17, 15) is 10.1 Å². The second kappa shape index (κ2) is 4.46. The summed E-state index contributed by atoms with van der Waals surface area (Å²) in [5.41, 5.74) is 1.38. The van der Waals surface area contributed by atoms with Crippen LogP contribution in [0.5, 0.6) is 0 Å². The van der Waals surface area contributed by atoms with Crippen molar-refractivity contribution in [1.82, 2.24) is 14.6 Å². The van der Waals surface area contributed by atoms with Gasteiger partial charge in [0, 0.05) is 17.1 Å². The lowest BCUT2D eigenvalue weighted by atomic mass is 10.2. The van der Waals surface area contributed by atoms with Crippen molar-refractivity contribution in [1.29, 1.82) is 0 Å². The lowest BCUT2D eigenvalue weighted by Crippen LogP contribution is -2.03. The highest BCUT2D eigenvalue weighted by Gasteiger charge is 2.20. The van der Waals surface area contributed by atoms with E-state index in [1.807, 2.05) is 0 Å². The SMILES string of the molecule is Cc1nc2c([N+](=O)[O-])cnn2c(Cl)c1CCCl. The van der Waals surface area contributed by atoms with Gasteiger partial charge in [0.05, 0.1) is 4.92 Å². The molecule has 0 bridgehead atoms. The van der Waals surface area contributed by atoms with Crippen molar-refractivity contribution in [3.8, 4) is 0 Å². The third-order valence-electron chi connectivity index (χ3n) is 2.41. The minimum Gasteiger partial charge on any atom is -0.258 e. The van der Waals surface area contributed by atoms with Crippen LogP contribution in [0.15, 0.2) is 6.20 Å². The number of aryl methyl sites for hydroxylation is 1. The fourth-order valence-corrected chi connectivity index (χ4v) is 2.14. The van der Waals surface area contributed by atoms with E-state index in [1.54, 1.807) is 6.92 Å². The molecule has 0 radical (unpaired) electrons. The monoisotopic (exact) mass is 274 g/mol. The molecule has 0 saturated carbocycles. The Balaban J connectivity index is 2.74. The number of alkyl halides is 1. The first-order valence-electron chi connectivity index (χ1n) is 4.79. The summed E-state index contributed by atoms with van der Waals surface area (Å²) < 4.78 is 1.26. The number of hydrogen-bond acceptors (Lipinski definition) is 4. The number of nitro groups is 1. The number of aromatic nitrogens is 3.